The first-order valence-corrected chi connectivity index (χ1v) is 7.40. The van der Waals surface area contributed by atoms with Crippen molar-refractivity contribution in [1.29, 1.82) is 0 Å². The summed E-state index contributed by atoms with van der Waals surface area (Å²) in [5, 5.41) is 5.92. The van der Waals surface area contributed by atoms with Crippen molar-refractivity contribution in [3.63, 3.8) is 0 Å². The van der Waals surface area contributed by atoms with Crippen molar-refractivity contribution in [2.24, 2.45) is 0 Å². The predicted molar refractivity (Wildman–Crippen MR) is 77.9 cm³/mol. The molecule has 1 unspecified atom stereocenters. The van der Waals surface area contributed by atoms with Gasteiger partial charge in [0, 0.05) is 26.2 Å². The third-order valence-corrected chi connectivity index (χ3v) is 4.66. The fraction of sp³-hybridized carbons (Fsp3) is 0.417. The Kier molecular flexibility index (Phi) is 2.46. The van der Waals surface area contributed by atoms with Crippen LogP contribution in [0.15, 0.2) is 11.4 Å². The number of rotatable bonds is 1. The lowest BCUT2D eigenvalue weighted by Crippen LogP contribution is -2.52. The molecule has 2 fully saturated rings. The minimum atomic E-state index is 0.0394. The number of urea groups is 1. The van der Waals surface area contributed by atoms with Crippen LogP contribution in [0.3, 0.4) is 0 Å². The number of amides is 2. The molecule has 2 saturated heterocycles. The van der Waals surface area contributed by atoms with Crippen LogP contribution in [0.5, 0.6) is 0 Å². The first kappa shape index (κ1) is 11.7. The molecule has 0 spiro atoms. The molecule has 1 atom stereocenters. The zero-order valence-electron chi connectivity index (χ0n) is 10.7. The van der Waals surface area contributed by atoms with Gasteiger partial charge in [0.1, 0.15) is 10.6 Å². The molecule has 0 saturated carbocycles. The maximum atomic E-state index is 11.6. The van der Waals surface area contributed by atoms with E-state index in [0.29, 0.717) is 19.0 Å². The fourth-order valence-electron chi connectivity index (χ4n) is 2.89. The third-order valence-electron chi connectivity index (χ3n) is 3.85. The second-order valence-electron chi connectivity index (χ2n) is 5.02. The van der Waals surface area contributed by atoms with Crippen LogP contribution < -0.4 is 16.0 Å². The second-order valence-corrected chi connectivity index (χ2v) is 5.92. The first-order valence-electron chi connectivity index (χ1n) is 6.52. The Morgan fingerprint density at radius 1 is 1.40 bits per heavy atom. The molecule has 0 aliphatic carbocycles. The number of carbonyl (C=O) groups excluding carboxylic acids is 1. The summed E-state index contributed by atoms with van der Waals surface area (Å²) in [4.78, 5) is 25.3. The molecule has 104 valence electrons. The van der Waals surface area contributed by atoms with E-state index >= 15 is 0 Å². The highest BCUT2D eigenvalue weighted by Gasteiger charge is 2.36. The average Bonchev–Trinajstić information content (AvgIpc) is 3.04. The summed E-state index contributed by atoms with van der Waals surface area (Å²) in [5.41, 5.74) is 5.80. The molecule has 7 nitrogen and oxygen atoms in total. The van der Waals surface area contributed by atoms with Gasteiger partial charge in [-0.05, 0) is 11.4 Å². The van der Waals surface area contributed by atoms with Gasteiger partial charge < -0.3 is 20.9 Å². The minimum absolute atomic E-state index is 0.0394. The van der Waals surface area contributed by atoms with Crippen LogP contribution in [0.1, 0.15) is 0 Å². The van der Waals surface area contributed by atoms with Gasteiger partial charge in [0.05, 0.1) is 11.4 Å². The Hall–Kier alpha value is -2.09. The van der Waals surface area contributed by atoms with E-state index in [4.69, 9.17) is 5.73 Å². The van der Waals surface area contributed by atoms with Gasteiger partial charge in [0.2, 0.25) is 5.95 Å². The molecule has 20 heavy (non-hydrogen) atoms. The zero-order chi connectivity index (χ0) is 13.7. The van der Waals surface area contributed by atoms with Gasteiger partial charge in [-0.3, -0.25) is 0 Å². The Morgan fingerprint density at radius 3 is 3.20 bits per heavy atom. The Bertz CT molecular complexity index is 686. The van der Waals surface area contributed by atoms with Gasteiger partial charge in [-0.15, -0.1) is 11.3 Å². The number of nitrogens with one attached hydrogen (secondary N) is 1. The molecule has 2 amide bonds. The summed E-state index contributed by atoms with van der Waals surface area (Å²) in [6.45, 7) is 2.96. The molecular formula is C12H14N6OS. The zero-order valence-corrected chi connectivity index (χ0v) is 11.6. The van der Waals surface area contributed by atoms with Crippen molar-refractivity contribution in [2.75, 3.05) is 36.8 Å². The molecule has 8 heteroatoms. The van der Waals surface area contributed by atoms with E-state index < -0.39 is 0 Å². The number of hydrogen-bond donors (Lipinski definition) is 2. The van der Waals surface area contributed by atoms with Crippen molar-refractivity contribution >= 4 is 39.4 Å². The predicted octanol–water partition coefficient (Wildman–Crippen LogP) is 0.487. The summed E-state index contributed by atoms with van der Waals surface area (Å²) in [5.74, 6) is 1.19. The normalized spacial score (nSPS) is 22.2. The van der Waals surface area contributed by atoms with E-state index in [0.717, 1.165) is 29.1 Å². The molecule has 4 rings (SSSR count). The van der Waals surface area contributed by atoms with Crippen LogP contribution in [0.2, 0.25) is 0 Å². The molecule has 0 radical (unpaired) electrons. The highest BCUT2D eigenvalue weighted by atomic mass is 32.1. The van der Waals surface area contributed by atoms with E-state index in [1.54, 1.807) is 11.3 Å². The molecular weight excluding hydrogens is 276 g/mol. The van der Waals surface area contributed by atoms with Crippen LogP contribution >= 0.6 is 11.3 Å². The van der Waals surface area contributed by atoms with Crippen LogP contribution in [-0.2, 0) is 0 Å². The topological polar surface area (TPSA) is 87.4 Å². The maximum absolute atomic E-state index is 11.6. The second kappa shape index (κ2) is 4.20. The molecule has 4 heterocycles. The number of thiophene rings is 1. The number of aromatic nitrogens is 2. The summed E-state index contributed by atoms with van der Waals surface area (Å²) >= 11 is 1.56. The van der Waals surface area contributed by atoms with Crippen molar-refractivity contribution in [3.8, 4) is 0 Å². The Balaban J connectivity index is 1.70. The summed E-state index contributed by atoms with van der Waals surface area (Å²) in [6, 6.07) is 2.28. The minimum Gasteiger partial charge on any atom is -0.368 e. The fourth-order valence-corrected chi connectivity index (χ4v) is 3.66. The molecule has 0 aromatic carbocycles. The van der Waals surface area contributed by atoms with Gasteiger partial charge >= 0.3 is 6.03 Å². The van der Waals surface area contributed by atoms with Gasteiger partial charge in [-0.25, -0.2) is 9.78 Å². The number of anilines is 2. The lowest BCUT2D eigenvalue weighted by molar-refractivity contribution is 0.197. The maximum Gasteiger partial charge on any atom is 0.317 e. The van der Waals surface area contributed by atoms with Gasteiger partial charge in [-0.1, -0.05) is 0 Å². The molecule has 3 N–H and O–H groups in total. The van der Waals surface area contributed by atoms with Crippen molar-refractivity contribution < 1.29 is 4.79 Å². The van der Waals surface area contributed by atoms with Crippen LogP contribution in [0.4, 0.5) is 16.6 Å². The lowest BCUT2D eigenvalue weighted by atomic mass is 10.2. The standard InChI is InChI=1S/C12H14N6OS/c13-11-15-9(8-1-4-20-10(8)16-11)17-2-3-18-7(6-17)5-14-12(18)19/h1,4,7H,2-3,5-6H2,(H,14,19)(H2,13,15,16). The first-order chi connectivity index (χ1) is 9.72. The van der Waals surface area contributed by atoms with Gasteiger partial charge in [0.25, 0.3) is 0 Å². The SMILES string of the molecule is Nc1nc(N2CCN3C(=O)NCC3C2)c2ccsc2n1. The van der Waals surface area contributed by atoms with Crippen LogP contribution in [-0.4, -0.2) is 53.1 Å². The van der Waals surface area contributed by atoms with Crippen molar-refractivity contribution in [3.05, 3.63) is 11.4 Å². The van der Waals surface area contributed by atoms with Crippen LogP contribution in [0, 0.1) is 0 Å². The molecule has 2 aliphatic heterocycles. The van der Waals surface area contributed by atoms with Gasteiger partial charge in [-0.2, -0.15) is 4.98 Å². The summed E-state index contributed by atoms with van der Waals surface area (Å²) in [7, 11) is 0. The van der Waals surface area contributed by atoms with E-state index in [9.17, 15) is 4.79 Å². The Morgan fingerprint density at radius 2 is 2.30 bits per heavy atom. The number of fused-ring (bicyclic) bond motifs is 2. The largest absolute Gasteiger partial charge is 0.368 e. The highest BCUT2D eigenvalue weighted by Crippen LogP contribution is 2.30. The summed E-state index contributed by atoms with van der Waals surface area (Å²) in [6.07, 6.45) is 0. The van der Waals surface area contributed by atoms with Crippen molar-refractivity contribution in [1.82, 2.24) is 20.2 Å². The highest BCUT2D eigenvalue weighted by molar-refractivity contribution is 7.16. The number of piperazine rings is 1. The monoisotopic (exact) mass is 290 g/mol. The molecule has 0 bridgehead atoms. The smallest absolute Gasteiger partial charge is 0.317 e. The lowest BCUT2D eigenvalue weighted by Gasteiger charge is -2.37. The molecule has 2 aromatic heterocycles. The average molecular weight is 290 g/mol. The molecule has 2 aliphatic rings. The molecule has 2 aromatic rings. The quantitative estimate of drug-likeness (QED) is 0.798. The van der Waals surface area contributed by atoms with E-state index in [-0.39, 0.29) is 12.1 Å². The van der Waals surface area contributed by atoms with E-state index in [1.165, 1.54) is 0 Å². The Labute approximate surface area is 119 Å². The number of nitrogens with two attached hydrogens (primary N) is 1. The van der Waals surface area contributed by atoms with Crippen LogP contribution in [0.25, 0.3) is 10.2 Å². The van der Waals surface area contributed by atoms with E-state index in [1.807, 2.05) is 16.3 Å². The summed E-state index contributed by atoms with van der Waals surface area (Å²) < 4.78 is 0. The number of hydrogen-bond acceptors (Lipinski definition) is 6. The third kappa shape index (κ3) is 1.68. The van der Waals surface area contributed by atoms with Crippen molar-refractivity contribution in [2.45, 2.75) is 6.04 Å². The van der Waals surface area contributed by atoms with Gasteiger partial charge in [0.15, 0.2) is 0 Å². The number of carbonyl (C=O) groups is 1. The number of nitrogen functional groups attached to an aromatic ring is 1. The van der Waals surface area contributed by atoms with E-state index in [2.05, 4.69) is 20.2 Å². The number of nitrogens with zero attached hydrogens (tertiary/aromatic N) is 4.